The monoisotopic (exact) mass is 872 g/mol. The average molecular weight is 873 g/mol. The molecule has 0 fully saturated rings. The van der Waals surface area contributed by atoms with Crippen LogP contribution in [-0.2, 0) is 12.0 Å². The topological polar surface area (TPSA) is 48.8 Å². The van der Waals surface area contributed by atoms with Gasteiger partial charge in [0.1, 0.15) is 0 Å². The van der Waals surface area contributed by atoms with Gasteiger partial charge in [0.25, 0.3) is 0 Å². The van der Waals surface area contributed by atoms with Crippen LogP contribution in [0.15, 0.2) is 271 Å². The number of nitrogens with one attached hydrogen (secondary N) is 2. The molecule has 11 rings (SSSR count). The maximum atomic E-state index is 4.83. The second-order valence-corrected chi connectivity index (χ2v) is 17.1. The lowest BCUT2D eigenvalue weighted by atomic mass is 9.67. The summed E-state index contributed by atoms with van der Waals surface area (Å²) in [4.78, 5) is 4.83. The third kappa shape index (κ3) is 8.32. The van der Waals surface area contributed by atoms with Crippen molar-refractivity contribution in [1.29, 1.82) is 0 Å². The minimum atomic E-state index is -0.574. The molecular formula is C64H48N4. The van der Waals surface area contributed by atoms with E-state index in [2.05, 4.69) is 235 Å². The molecule has 0 bridgehead atoms. The van der Waals surface area contributed by atoms with Crippen molar-refractivity contribution < 1.29 is 0 Å². The summed E-state index contributed by atoms with van der Waals surface area (Å²) in [5.74, 6) is 0.617. The molecule has 1 atom stereocenters. The Labute approximate surface area is 398 Å². The summed E-state index contributed by atoms with van der Waals surface area (Å²) < 4.78 is 0. The zero-order valence-corrected chi connectivity index (χ0v) is 37.5. The minimum absolute atomic E-state index is 0.553. The van der Waals surface area contributed by atoms with Crippen LogP contribution in [0.1, 0.15) is 38.9 Å². The minimum Gasteiger partial charge on any atom is -0.355 e. The van der Waals surface area contributed by atoms with Gasteiger partial charge in [-0.15, -0.1) is 0 Å². The Morgan fingerprint density at radius 1 is 0.412 bits per heavy atom. The Morgan fingerprint density at radius 2 is 0.941 bits per heavy atom. The highest BCUT2D eigenvalue weighted by molar-refractivity contribution is 6.05. The first-order valence-electron chi connectivity index (χ1n) is 23.2. The lowest BCUT2D eigenvalue weighted by Crippen LogP contribution is -2.29. The Kier molecular flexibility index (Phi) is 11.6. The van der Waals surface area contributed by atoms with Gasteiger partial charge in [-0.05, 0) is 108 Å². The SMILES string of the molecule is C(=N\C(=N/NCc1ccc(-c2cccc(-c3ccc4c(c3)C(c3ccccc3)(c3ccccc3Nc3ccccc3)c3ccccc3-4)c2)cc1)c1ccc(-c2ccccc2)cc1)/c1ccccc1. The van der Waals surface area contributed by atoms with Crippen LogP contribution in [0.2, 0.25) is 0 Å². The molecule has 324 valence electrons. The second kappa shape index (κ2) is 18.9. The summed E-state index contributed by atoms with van der Waals surface area (Å²) in [6.45, 7) is 0.553. The number of nitrogens with zero attached hydrogens (tertiary/aromatic N) is 2. The average Bonchev–Trinajstić information content (AvgIpc) is 3.71. The van der Waals surface area contributed by atoms with E-state index in [1.54, 1.807) is 0 Å². The van der Waals surface area contributed by atoms with E-state index in [0.29, 0.717) is 12.4 Å². The van der Waals surface area contributed by atoms with Gasteiger partial charge in [0.2, 0.25) is 0 Å². The van der Waals surface area contributed by atoms with Crippen molar-refractivity contribution in [3.63, 3.8) is 0 Å². The maximum absolute atomic E-state index is 4.83. The van der Waals surface area contributed by atoms with Gasteiger partial charge in [-0.2, -0.15) is 5.10 Å². The first-order chi connectivity index (χ1) is 33.7. The zero-order valence-electron chi connectivity index (χ0n) is 37.5. The molecule has 2 N–H and O–H groups in total. The van der Waals surface area contributed by atoms with E-state index < -0.39 is 5.41 Å². The molecule has 0 saturated carbocycles. The molecule has 0 spiro atoms. The van der Waals surface area contributed by atoms with E-state index in [1.807, 2.05) is 42.6 Å². The molecule has 1 aliphatic rings. The fourth-order valence-electron chi connectivity index (χ4n) is 9.68. The molecule has 0 aliphatic heterocycles. The number of anilines is 2. The van der Waals surface area contributed by atoms with Crippen LogP contribution >= 0.6 is 0 Å². The van der Waals surface area contributed by atoms with E-state index in [4.69, 9.17) is 10.1 Å². The molecule has 4 nitrogen and oxygen atoms in total. The Morgan fingerprint density at radius 3 is 1.69 bits per heavy atom. The van der Waals surface area contributed by atoms with Crippen LogP contribution in [0, 0.1) is 0 Å². The van der Waals surface area contributed by atoms with Gasteiger partial charge in [0.15, 0.2) is 5.84 Å². The predicted octanol–water partition coefficient (Wildman–Crippen LogP) is 15.4. The van der Waals surface area contributed by atoms with Gasteiger partial charge in [0.05, 0.1) is 12.0 Å². The molecule has 68 heavy (non-hydrogen) atoms. The standard InChI is InChI=1S/C64H48N4/c1-5-18-46(19-6-1)44-65-63(51-38-36-49(37-39-51)48-20-7-2-8-21-48)68-66-45-47-32-34-50(35-33-47)52-22-17-23-53(42-52)54-40-41-58-57-28-13-14-29-59(57)64(61(58)43-54,55-24-9-3-10-25-55)60-30-15-16-31-62(60)67-56-26-11-4-12-27-56/h1-44,66-67H,45H2/b65-44+,68-63-. The lowest BCUT2D eigenvalue weighted by Gasteiger charge is -2.35. The third-order valence-electron chi connectivity index (χ3n) is 13.0. The van der Waals surface area contributed by atoms with Gasteiger partial charge < -0.3 is 10.7 Å². The number of hydrogen-bond acceptors (Lipinski definition) is 3. The molecule has 10 aromatic rings. The fraction of sp³-hybridized carbons (Fsp3) is 0.0312. The number of aliphatic imine (C=N–C) groups is 1. The van der Waals surface area contributed by atoms with Gasteiger partial charge in [-0.3, -0.25) is 0 Å². The molecule has 0 radical (unpaired) electrons. The first-order valence-corrected chi connectivity index (χ1v) is 23.2. The van der Waals surface area contributed by atoms with Gasteiger partial charge >= 0.3 is 0 Å². The Hall–Kier alpha value is -8.86. The van der Waals surface area contributed by atoms with Crippen LogP contribution in [-0.4, -0.2) is 12.1 Å². The summed E-state index contributed by atoms with van der Waals surface area (Å²) in [5.41, 5.74) is 22.4. The van der Waals surface area contributed by atoms with Gasteiger partial charge in [-0.25, -0.2) is 4.99 Å². The number of hydrazone groups is 1. The Balaban J connectivity index is 0.890. The van der Waals surface area contributed by atoms with Gasteiger partial charge in [-0.1, -0.05) is 231 Å². The maximum Gasteiger partial charge on any atom is 0.178 e. The number of benzene rings is 10. The van der Waals surface area contributed by atoms with Crippen molar-refractivity contribution in [3.8, 4) is 44.5 Å². The van der Waals surface area contributed by atoms with E-state index in [1.165, 1.54) is 50.1 Å². The van der Waals surface area contributed by atoms with Crippen molar-refractivity contribution in [1.82, 2.24) is 5.43 Å². The predicted molar refractivity (Wildman–Crippen MR) is 284 cm³/mol. The molecule has 0 saturated heterocycles. The van der Waals surface area contributed by atoms with Crippen LogP contribution in [0.3, 0.4) is 0 Å². The number of amidine groups is 1. The van der Waals surface area contributed by atoms with E-state index in [-0.39, 0.29) is 0 Å². The summed E-state index contributed by atoms with van der Waals surface area (Å²) in [5, 5.41) is 8.61. The molecule has 1 unspecified atom stereocenters. The molecule has 0 heterocycles. The van der Waals surface area contributed by atoms with Crippen molar-refractivity contribution in [3.05, 3.63) is 300 Å². The number of fused-ring (bicyclic) bond motifs is 3. The quantitative estimate of drug-likeness (QED) is 0.0730. The van der Waals surface area contributed by atoms with E-state index >= 15 is 0 Å². The van der Waals surface area contributed by atoms with E-state index in [0.717, 1.165) is 44.8 Å². The van der Waals surface area contributed by atoms with Gasteiger partial charge in [0, 0.05) is 23.2 Å². The summed E-state index contributed by atoms with van der Waals surface area (Å²) in [6, 6.07) is 92.9. The molecule has 4 heteroatoms. The van der Waals surface area contributed by atoms with Crippen LogP contribution in [0.5, 0.6) is 0 Å². The highest BCUT2D eigenvalue weighted by Gasteiger charge is 2.47. The summed E-state index contributed by atoms with van der Waals surface area (Å²) in [7, 11) is 0. The van der Waals surface area contributed by atoms with Crippen LogP contribution in [0.25, 0.3) is 44.5 Å². The number of rotatable bonds is 12. The molecule has 0 amide bonds. The summed E-state index contributed by atoms with van der Waals surface area (Å²) in [6.07, 6.45) is 1.86. The van der Waals surface area contributed by atoms with Crippen LogP contribution < -0.4 is 10.7 Å². The Bertz CT molecular complexity index is 3380. The third-order valence-corrected chi connectivity index (χ3v) is 13.0. The smallest absolute Gasteiger partial charge is 0.178 e. The number of para-hydroxylation sites is 2. The lowest BCUT2D eigenvalue weighted by molar-refractivity contribution is 0.743. The van der Waals surface area contributed by atoms with Crippen molar-refractivity contribution in [2.24, 2.45) is 10.1 Å². The highest BCUT2D eigenvalue weighted by Crippen LogP contribution is 2.58. The number of hydrogen-bond donors (Lipinski definition) is 2. The fourth-order valence-corrected chi connectivity index (χ4v) is 9.68. The van der Waals surface area contributed by atoms with Crippen molar-refractivity contribution in [2.75, 3.05) is 5.32 Å². The largest absolute Gasteiger partial charge is 0.355 e. The molecule has 10 aromatic carbocycles. The molecule has 1 aliphatic carbocycles. The second-order valence-electron chi connectivity index (χ2n) is 17.1. The highest BCUT2D eigenvalue weighted by atomic mass is 15.3. The molecule has 0 aromatic heterocycles. The normalized spacial score (nSPS) is 14.0. The van der Waals surface area contributed by atoms with Crippen molar-refractivity contribution in [2.45, 2.75) is 12.0 Å². The first kappa shape index (κ1) is 41.8. The van der Waals surface area contributed by atoms with Crippen LogP contribution in [0.4, 0.5) is 11.4 Å². The van der Waals surface area contributed by atoms with Crippen molar-refractivity contribution >= 4 is 23.4 Å². The molecular weight excluding hydrogens is 825 g/mol. The van der Waals surface area contributed by atoms with E-state index in [9.17, 15) is 0 Å². The summed E-state index contributed by atoms with van der Waals surface area (Å²) >= 11 is 0. The zero-order chi connectivity index (χ0) is 45.5.